The largest absolute Gasteiger partial charge is 0.396 e. The third kappa shape index (κ3) is 2.22. The Morgan fingerprint density at radius 2 is 1.90 bits per heavy atom. The molecule has 0 aromatic rings. The second-order valence-corrected chi connectivity index (χ2v) is 2.60. The van der Waals surface area contributed by atoms with Crippen LogP contribution in [0.25, 0.3) is 0 Å². The molecule has 0 radical (unpaired) electrons. The summed E-state index contributed by atoms with van der Waals surface area (Å²) in [5.41, 5.74) is 10.5. The van der Waals surface area contributed by atoms with Gasteiger partial charge in [-0.3, -0.25) is 0 Å². The van der Waals surface area contributed by atoms with Gasteiger partial charge in [0.25, 0.3) is 0 Å². The Kier molecular flexibility index (Phi) is 4.55. The minimum Gasteiger partial charge on any atom is -0.396 e. The molecule has 0 fully saturated rings. The molecule has 4 heteroatoms. The summed E-state index contributed by atoms with van der Waals surface area (Å²) in [5.74, 6) is 0. The molecule has 0 saturated carbocycles. The molecule has 0 aliphatic heterocycles. The van der Waals surface area contributed by atoms with Crippen molar-refractivity contribution in [3.63, 3.8) is 0 Å². The zero-order valence-electron chi connectivity index (χ0n) is 6.43. The molecule has 0 aliphatic rings. The zero-order chi connectivity index (χ0) is 8.04. The maximum atomic E-state index is 8.91. The first-order valence-corrected chi connectivity index (χ1v) is 3.40. The Morgan fingerprint density at radius 1 is 1.40 bits per heavy atom. The van der Waals surface area contributed by atoms with Crippen molar-refractivity contribution in [1.82, 2.24) is 5.32 Å². The van der Waals surface area contributed by atoms with E-state index in [1.165, 1.54) is 0 Å². The smallest absolute Gasteiger partial charge is 0.0523 e. The summed E-state index contributed by atoms with van der Waals surface area (Å²) in [6.45, 7) is 1.54. The minimum atomic E-state index is -0.325. The second kappa shape index (κ2) is 4.62. The highest BCUT2D eigenvalue weighted by Crippen LogP contribution is 2.09. The Morgan fingerprint density at radius 3 is 2.00 bits per heavy atom. The molecule has 0 heterocycles. The van der Waals surface area contributed by atoms with Crippen LogP contribution >= 0.6 is 0 Å². The van der Waals surface area contributed by atoms with Gasteiger partial charge in [-0.15, -0.1) is 0 Å². The molecule has 0 bridgehead atoms. The van der Waals surface area contributed by atoms with Gasteiger partial charge < -0.3 is 21.9 Å². The SMILES string of the molecule is CNCC(CN)(CN)CO. The fourth-order valence-electron chi connectivity index (χ4n) is 0.788. The van der Waals surface area contributed by atoms with Crippen molar-refractivity contribution >= 4 is 0 Å². The molecule has 0 amide bonds. The van der Waals surface area contributed by atoms with E-state index in [0.29, 0.717) is 19.6 Å². The van der Waals surface area contributed by atoms with Crippen LogP contribution in [0.5, 0.6) is 0 Å². The van der Waals surface area contributed by atoms with Gasteiger partial charge in [-0.1, -0.05) is 0 Å². The van der Waals surface area contributed by atoms with Gasteiger partial charge in [0.2, 0.25) is 0 Å². The molecule has 0 atom stereocenters. The van der Waals surface area contributed by atoms with Crippen LogP contribution in [-0.2, 0) is 0 Å². The van der Waals surface area contributed by atoms with E-state index < -0.39 is 0 Å². The Labute approximate surface area is 61.6 Å². The normalized spacial score (nSPS) is 12.0. The summed E-state index contributed by atoms with van der Waals surface area (Å²) in [7, 11) is 1.82. The first-order valence-electron chi connectivity index (χ1n) is 3.40. The predicted molar refractivity (Wildman–Crippen MR) is 41.6 cm³/mol. The highest BCUT2D eigenvalue weighted by molar-refractivity contribution is 4.82. The molecular weight excluding hydrogens is 130 g/mol. The van der Waals surface area contributed by atoms with E-state index in [9.17, 15) is 0 Å². The van der Waals surface area contributed by atoms with Crippen molar-refractivity contribution in [3.05, 3.63) is 0 Å². The fourth-order valence-corrected chi connectivity index (χ4v) is 0.788. The van der Waals surface area contributed by atoms with Crippen LogP contribution in [0.2, 0.25) is 0 Å². The fraction of sp³-hybridized carbons (Fsp3) is 1.00. The maximum absolute atomic E-state index is 8.91. The van der Waals surface area contributed by atoms with Gasteiger partial charge in [0.15, 0.2) is 0 Å². The van der Waals surface area contributed by atoms with Crippen LogP contribution in [0.1, 0.15) is 0 Å². The van der Waals surface area contributed by atoms with E-state index >= 15 is 0 Å². The number of hydrogen-bond donors (Lipinski definition) is 4. The number of nitrogens with two attached hydrogens (primary N) is 2. The average molecular weight is 147 g/mol. The lowest BCUT2D eigenvalue weighted by Gasteiger charge is -2.27. The maximum Gasteiger partial charge on any atom is 0.0523 e. The van der Waals surface area contributed by atoms with E-state index in [1.54, 1.807) is 0 Å². The van der Waals surface area contributed by atoms with Crippen LogP contribution in [0.4, 0.5) is 0 Å². The topological polar surface area (TPSA) is 84.3 Å². The van der Waals surface area contributed by atoms with E-state index in [0.717, 1.165) is 0 Å². The molecule has 0 aromatic carbocycles. The summed E-state index contributed by atoms with van der Waals surface area (Å²) in [4.78, 5) is 0. The predicted octanol–water partition coefficient (Wildman–Crippen LogP) is -1.90. The standard InChI is InChI=1S/C6H17N3O/c1-9-4-6(2-7,3-8)5-10/h9-10H,2-5,7-8H2,1H3. The molecule has 0 rings (SSSR count). The lowest BCUT2D eigenvalue weighted by Crippen LogP contribution is -2.47. The first kappa shape index (κ1) is 9.84. The molecule has 0 unspecified atom stereocenters. The average Bonchev–Trinajstić information content (AvgIpc) is 2.01. The molecule has 10 heavy (non-hydrogen) atoms. The number of aliphatic hydroxyl groups is 1. The number of rotatable bonds is 5. The summed E-state index contributed by atoms with van der Waals surface area (Å²) in [6, 6.07) is 0. The lowest BCUT2D eigenvalue weighted by atomic mass is 9.89. The summed E-state index contributed by atoms with van der Waals surface area (Å²) >= 11 is 0. The van der Waals surface area contributed by atoms with Gasteiger partial charge >= 0.3 is 0 Å². The number of hydrogen-bond acceptors (Lipinski definition) is 4. The van der Waals surface area contributed by atoms with Gasteiger partial charge in [0, 0.05) is 25.0 Å². The highest BCUT2D eigenvalue weighted by Gasteiger charge is 2.24. The van der Waals surface area contributed by atoms with Crippen molar-refractivity contribution in [1.29, 1.82) is 0 Å². The van der Waals surface area contributed by atoms with E-state index in [2.05, 4.69) is 5.32 Å². The quantitative estimate of drug-likeness (QED) is 0.366. The molecule has 6 N–H and O–H groups in total. The second-order valence-electron chi connectivity index (χ2n) is 2.60. The van der Waals surface area contributed by atoms with E-state index in [1.807, 2.05) is 7.05 Å². The summed E-state index contributed by atoms with van der Waals surface area (Å²) in [5, 5.41) is 11.8. The number of nitrogens with one attached hydrogen (secondary N) is 1. The van der Waals surface area contributed by atoms with Crippen LogP contribution in [-0.4, -0.2) is 38.4 Å². The summed E-state index contributed by atoms with van der Waals surface area (Å²) in [6.07, 6.45) is 0. The van der Waals surface area contributed by atoms with Gasteiger partial charge in [-0.25, -0.2) is 0 Å². The van der Waals surface area contributed by atoms with Gasteiger partial charge in [-0.05, 0) is 7.05 Å². The first-order chi connectivity index (χ1) is 4.74. The van der Waals surface area contributed by atoms with E-state index in [4.69, 9.17) is 16.6 Å². The molecule has 62 valence electrons. The van der Waals surface area contributed by atoms with Crippen molar-refractivity contribution in [3.8, 4) is 0 Å². The molecule has 0 spiro atoms. The molecular formula is C6H17N3O. The van der Waals surface area contributed by atoms with Gasteiger partial charge in [0.05, 0.1) is 6.61 Å². The van der Waals surface area contributed by atoms with Crippen molar-refractivity contribution < 1.29 is 5.11 Å². The van der Waals surface area contributed by atoms with Crippen LogP contribution < -0.4 is 16.8 Å². The van der Waals surface area contributed by atoms with Crippen LogP contribution in [0.3, 0.4) is 0 Å². The molecule has 0 aliphatic carbocycles. The lowest BCUT2D eigenvalue weighted by molar-refractivity contribution is 0.139. The molecule has 0 saturated heterocycles. The highest BCUT2D eigenvalue weighted by atomic mass is 16.3. The molecule has 4 nitrogen and oxygen atoms in total. The Balaban J connectivity index is 3.87. The minimum absolute atomic E-state index is 0.0425. The third-order valence-corrected chi connectivity index (χ3v) is 1.75. The zero-order valence-corrected chi connectivity index (χ0v) is 6.43. The van der Waals surface area contributed by atoms with Crippen LogP contribution in [0, 0.1) is 5.41 Å². The van der Waals surface area contributed by atoms with Crippen molar-refractivity contribution in [2.45, 2.75) is 0 Å². The van der Waals surface area contributed by atoms with Crippen molar-refractivity contribution in [2.24, 2.45) is 16.9 Å². The molecule has 0 aromatic heterocycles. The number of aliphatic hydroxyl groups excluding tert-OH is 1. The summed E-state index contributed by atoms with van der Waals surface area (Å²) < 4.78 is 0. The van der Waals surface area contributed by atoms with Crippen LogP contribution in [0.15, 0.2) is 0 Å². The van der Waals surface area contributed by atoms with Gasteiger partial charge in [0.1, 0.15) is 0 Å². The van der Waals surface area contributed by atoms with Crippen molar-refractivity contribution in [2.75, 3.05) is 33.3 Å². The monoisotopic (exact) mass is 147 g/mol. The van der Waals surface area contributed by atoms with E-state index in [-0.39, 0.29) is 12.0 Å². The third-order valence-electron chi connectivity index (χ3n) is 1.75. The van der Waals surface area contributed by atoms with Gasteiger partial charge in [-0.2, -0.15) is 0 Å². The Bertz CT molecular complexity index is 74.8. The Hall–Kier alpha value is -0.160.